The Labute approximate surface area is 250 Å². The predicted octanol–water partition coefficient (Wildman–Crippen LogP) is 3.57. The van der Waals surface area contributed by atoms with Crippen LogP contribution < -0.4 is 24.8 Å². The summed E-state index contributed by atoms with van der Waals surface area (Å²) in [6.07, 6.45) is 18.5. The first-order valence-electron chi connectivity index (χ1n) is 14.6. The first kappa shape index (κ1) is 29.8. The summed E-state index contributed by atoms with van der Waals surface area (Å²) in [7, 11) is 0. The Bertz CT molecular complexity index is 1050. The third kappa shape index (κ3) is 5.99. The van der Waals surface area contributed by atoms with E-state index in [9.17, 15) is 0 Å². The molecule has 4 heteroatoms. The van der Waals surface area contributed by atoms with Crippen LogP contribution in [-0.4, -0.2) is 5.92 Å². The van der Waals surface area contributed by atoms with Crippen molar-refractivity contribution in [3.8, 4) is 11.1 Å². The van der Waals surface area contributed by atoms with Crippen LogP contribution in [0.3, 0.4) is 0 Å². The molecule has 0 saturated heterocycles. The van der Waals surface area contributed by atoms with Gasteiger partial charge in [0.25, 0.3) is 0 Å². The average molecular weight is 630 g/mol. The maximum Gasteiger partial charge on any atom is -1.00 e. The summed E-state index contributed by atoms with van der Waals surface area (Å²) in [5.74, 6) is 2.95. The Hall–Kier alpha value is -0.140. The van der Waals surface area contributed by atoms with Gasteiger partial charge in [0, 0.05) is 0 Å². The van der Waals surface area contributed by atoms with Crippen molar-refractivity contribution in [1.82, 2.24) is 0 Å². The van der Waals surface area contributed by atoms with Crippen molar-refractivity contribution in [2.24, 2.45) is 17.8 Å². The molecule has 2 aromatic rings. The van der Waals surface area contributed by atoms with E-state index in [-0.39, 0.29) is 30.7 Å². The summed E-state index contributed by atoms with van der Waals surface area (Å²) in [6, 6.07) is 17.3. The first-order chi connectivity index (χ1) is 17.0. The van der Waals surface area contributed by atoms with Crippen LogP contribution in [0.15, 0.2) is 48.0 Å². The van der Waals surface area contributed by atoms with E-state index in [2.05, 4.69) is 68.6 Å². The van der Waals surface area contributed by atoms with Crippen molar-refractivity contribution >= 4 is 12.0 Å². The molecular formula is C33H43Cl2SiZr. The fourth-order valence-electron chi connectivity index (χ4n) is 8.62. The molecule has 4 fully saturated rings. The molecule has 0 N–H and O–H groups in total. The topological polar surface area (TPSA) is 0 Å². The number of unbranched alkanes of at least 4 members (excludes halogenated alkanes) is 3. The number of allylic oxidation sites excluding steroid dienone is 1. The Kier molecular flexibility index (Phi) is 10.1. The third-order valence-electron chi connectivity index (χ3n) is 9.75. The molecule has 7 rings (SSSR count). The summed E-state index contributed by atoms with van der Waals surface area (Å²) in [4.78, 5) is 0. The molecule has 37 heavy (non-hydrogen) atoms. The van der Waals surface area contributed by atoms with Crippen LogP contribution in [-0.2, 0) is 27.8 Å². The quantitative estimate of drug-likeness (QED) is 0.294. The van der Waals surface area contributed by atoms with Crippen molar-refractivity contribution in [3.05, 3.63) is 64.7 Å². The van der Waals surface area contributed by atoms with E-state index in [1.807, 2.05) is 0 Å². The van der Waals surface area contributed by atoms with Crippen LogP contribution in [0, 0.1) is 17.8 Å². The van der Waals surface area contributed by atoms with Gasteiger partial charge in [-0.1, -0.05) is 0 Å². The summed E-state index contributed by atoms with van der Waals surface area (Å²) >= 11 is -0.390. The fraction of sp³-hybridized carbons (Fsp3) is 0.576. The summed E-state index contributed by atoms with van der Waals surface area (Å²) in [5.41, 5.74) is 10.2. The number of benzene rings is 2. The van der Waals surface area contributed by atoms with Gasteiger partial charge in [0.05, 0.1) is 0 Å². The molecule has 2 aromatic carbocycles. The minimum Gasteiger partial charge on any atom is -1.00 e. The molecule has 0 spiro atoms. The Balaban J connectivity index is 0.00000160. The van der Waals surface area contributed by atoms with Crippen molar-refractivity contribution < 1.29 is 47.2 Å². The molecule has 0 heterocycles. The maximum absolute atomic E-state index is 2.65. The zero-order chi connectivity index (χ0) is 24.0. The number of halogens is 2. The largest absolute Gasteiger partial charge is 1.00 e. The molecule has 5 aliphatic rings. The van der Waals surface area contributed by atoms with Gasteiger partial charge in [0.1, 0.15) is 0 Å². The molecule has 197 valence electrons. The maximum atomic E-state index is 2.65. The van der Waals surface area contributed by atoms with Crippen LogP contribution in [0.25, 0.3) is 17.2 Å². The van der Waals surface area contributed by atoms with Crippen LogP contribution >= 0.6 is 0 Å². The van der Waals surface area contributed by atoms with E-state index in [4.69, 9.17) is 0 Å². The van der Waals surface area contributed by atoms with Crippen molar-refractivity contribution in [2.45, 2.75) is 99.7 Å². The Morgan fingerprint density at radius 2 is 1.49 bits per heavy atom. The van der Waals surface area contributed by atoms with Gasteiger partial charge >= 0.3 is 228 Å². The molecule has 1 radical (unpaired) electrons. The second-order valence-electron chi connectivity index (χ2n) is 12.7. The van der Waals surface area contributed by atoms with E-state index in [1.165, 1.54) is 81.8 Å². The zero-order valence-corrected chi connectivity index (χ0v) is 27.9. The molecule has 4 bridgehead atoms. The standard InChI is InChI=1S/C31H37.C2H6Si.2ClH.Zr/c1-2-3-4-5-7-22-17-27-8-6-9-29(30(27)18-22)26-10-12-28(13-11-26)31-19-23-14-24(20-31)16-25(15-23)21-31;1-3-2;;;/h6,8-13,17-18,23-25H,2-5,7,14-16,19-21H2,1H3;1-2H3;2*1H;/q;;;;+2/p-2. The Morgan fingerprint density at radius 3 is 2.08 bits per heavy atom. The monoisotopic (exact) mass is 627 g/mol. The van der Waals surface area contributed by atoms with Gasteiger partial charge in [0.2, 0.25) is 0 Å². The smallest absolute Gasteiger partial charge is 1.00 e. The normalized spacial score (nSPS) is 28.8. The van der Waals surface area contributed by atoms with Crippen molar-refractivity contribution in [1.29, 1.82) is 0 Å². The van der Waals surface area contributed by atoms with Crippen LogP contribution in [0.4, 0.5) is 0 Å². The number of hydrogen-bond donors (Lipinski definition) is 0. The number of fused-ring (bicyclic) bond motifs is 1. The molecule has 4 saturated carbocycles. The summed E-state index contributed by atoms with van der Waals surface area (Å²) < 4.78 is 0.838. The molecule has 0 aromatic heterocycles. The first-order valence-corrected chi connectivity index (χ1v) is 22.2. The van der Waals surface area contributed by atoms with Gasteiger partial charge in [-0.05, 0) is 0 Å². The van der Waals surface area contributed by atoms with Gasteiger partial charge in [0.15, 0.2) is 0 Å². The molecule has 1 unspecified atom stereocenters. The molecule has 1 atom stereocenters. The second-order valence-corrected chi connectivity index (χ2v) is 25.9. The van der Waals surface area contributed by atoms with Gasteiger partial charge in [-0.15, -0.1) is 0 Å². The number of hydrogen-bond acceptors (Lipinski definition) is 0. The fourth-order valence-corrected chi connectivity index (χ4v) is 17.5. The SMILES string of the molecule is CCCCCCC1=Cc2c(-c3ccc(C45CC6CC(CC(C6)C4)C5)cc3)cccc2[CH]1[Zr+2][Si](C)C.[Cl-].[Cl-]. The van der Waals surface area contributed by atoms with E-state index in [0.29, 0.717) is 5.41 Å². The molecule has 5 aliphatic carbocycles. The van der Waals surface area contributed by atoms with E-state index in [0.717, 1.165) is 21.4 Å². The van der Waals surface area contributed by atoms with Crippen molar-refractivity contribution in [2.75, 3.05) is 0 Å². The van der Waals surface area contributed by atoms with E-state index < -0.39 is 22.4 Å². The molecule has 0 nitrogen and oxygen atoms in total. The Morgan fingerprint density at radius 1 is 0.838 bits per heavy atom. The molecule has 0 aliphatic heterocycles. The van der Waals surface area contributed by atoms with Gasteiger partial charge in [-0.25, -0.2) is 0 Å². The predicted molar refractivity (Wildman–Crippen MR) is 149 cm³/mol. The number of rotatable bonds is 9. The summed E-state index contributed by atoms with van der Waals surface area (Å²) in [5, 5.41) is 0. The van der Waals surface area contributed by atoms with Gasteiger partial charge in [-0.3, -0.25) is 0 Å². The molecular weight excluding hydrogens is 587 g/mol. The summed E-state index contributed by atoms with van der Waals surface area (Å²) in [6.45, 7) is 7.46. The minimum atomic E-state index is -0.390. The van der Waals surface area contributed by atoms with Crippen LogP contribution in [0.1, 0.15) is 97.9 Å². The van der Waals surface area contributed by atoms with Crippen LogP contribution in [0.5, 0.6) is 0 Å². The van der Waals surface area contributed by atoms with Crippen molar-refractivity contribution in [3.63, 3.8) is 0 Å². The second kappa shape index (κ2) is 12.6. The zero-order valence-electron chi connectivity index (χ0n) is 23.0. The average Bonchev–Trinajstić information content (AvgIpc) is 3.18. The van der Waals surface area contributed by atoms with Gasteiger partial charge in [-0.2, -0.15) is 0 Å². The molecule has 0 amide bonds. The van der Waals surface area contributed by atoms with Gasteiger partial charge < -0.3 is 24.8 Å². The minimum absolute atomic E-state index is 0. The van der Waals surface area contributed by atoms with Crippen LogP contribution in [0.2, 0.25) is 13.1 Å². The third-order valence-corrected chi connectivity index (χ3v) is 18.7. The van der Waals surface area contributed by atoms with E-state index in [1.54, 1.807) is 22.3 Å². The van der Waals surface area contributed by atoms with E-state index >= 15 is 0 Å².